The van der Waals surface area contributed by atoms with Gasteiger partial charge in [-0.2, -0.15) is 0 Å². The van der Waals surface area contributed by atoms with Crippen molar-refractivity contribution in [3.05, 3.63) is 46.6 Å². The molecule has 4 rings (SSSR count). The summed E-state index contributed by atoms with van der Waals surface area (Å²) in [6, 6.07) is 5.77. The first kappa shape index (κ1) is 15.4. The largest absolute Gasteiger partial charge is 0.392 e. The number of carbonyl (C=O) groups is 1. The lowest BCUT2D eigenvalue weighted by Gasteiger charge is -2.04. The quantitative estimate of drug-likeness (QED) is 0.745. The second-order valence-corrected chi connectivity index (χ2v) is 7.25. The van der Waals surface area contributed by atoms with E-state index in [-0.39, 0.29) is 12.5 Å². The summed E-state index contributed by atoms with van der Waals surface area (Å²) < 4.78 is 2.15. The Morgan fingerprint density at radius 1 is 1.46 bits per heavy atom. The lowest BCUT2D eigenvalue weighted by atomic mass is 10.1. The SMILES string of the molecule is Cc1csc(NC(=O)c2cn(CC3CC3)c3cc(CO)ccc23)n1. The van der Waals surface area contributed by atoms with Gasteiger partial charge in [-0.15, -0.1) is 11.3 Å². The van der Waals surface area contributed by atoms with E-state index in [1.165, 1.54) is 24.2 Å². The predicted octanol–water partition coefficient (Wildman–Crippen LogP) is 3.56. The van der Waals surface area contributed by atoms with E-state index in [1.54, 1.807) is 0 Å². The number of rotatable bonds is 5. The highest BCUT2D eigenvalue weighted by Gasteiger charge is 2.24. The zero-order valence-electron chi connectivity index (χ0n) is 13.5. The van der Waals surface area contributed by atoms with Crippen LogP contribution in [0.2, 0.25) is 0 Å². The number of fused-ring (bicyclic) bond motifs is 1. The first-order valence-corrected chi connectivity index (χ1v) is 8.98. The van der Waals surface area contributed by atoms with Gasteiger partial charge in [0.2, 0.25) is 0 Å². The number of hydrogen-bond acceptors (Lipinski definition) is 4. The first-order chi connectivity index (χ1) is 11.6. The van der Waals surface area contributed by atoms with Gasteiger partial charge < -0.3 is 9.67 Å². The molecule has 1 saturated carbocycles. The van der Waals surface area contributed by atoms with Crippen LogP contribution in [0.25, 0.3) is 10.9 Å². The Balaban J connectivity index is 1.72. The maximum absolute atomic E-state index is 12.7. The zero-order chi connectivity index (χ0) is 16.7. The molecule has 0 unspecified atom stereocenters. The summed E-state index contributed by atoms with van der Waals surface area (Å²) in [6.45, 7) is 2.84. The fourth-order valence-corrected chi connectivity index (χ4v) is 3.61. The van der Waals surface area contributed by atoms with Crippen molar-refractivity contribution in [2.75, 3.05) is 5.32 Å². The molecule has 1 aliphatic rings. The van der Waals surface area contributed by atoms with Crippen LogP contribution >= 0.6 is 11.3 Å². The fourth-order valence-electron chi connectivity index (χ4n) is 2.92. The minimum atomic E-state index is -0.138. The number of carbonyl (C=O) groups excluding carboxylic acids is 1. The number of amides is 1. The van der Waals surface area contributed by atoms with E-state index < -0.39 is 0 Å². The van der Waals surface area contributed by atoms with Crippen LogP contribution in [0.4, 0.5) is 5.13 Å². The summed E-state index contributed by atoms with van der Waals surface area (Å²) in [6.07, 6.45) is 4.43. The summed E-state index contributed by atoms with van der Waals surface area (Å²) in [5.41, 5.74) is 3.43. The molecule has 1 amide bonds. The fraction of sp³-hybridized carbons (Fsp3) is 0.333. The number of aliphatic hydroxyl groups is 1. The third-order valence-electron chi connectivity index (χ3n) is 4.37. The number of nitrogens with one attached hydrogen (secondary N) is 1. The summed E-state index contributed by atoms with van der Waals surface area (Å²) in [5.74, 6) is 0.566. The molecule has 0 bridgehead atoms. The molecule has 0 spiro atoms. The van der Waals surface area contributed by atoms with Crippen LogP contribution in [0.1, 0.15) is 34.5 Å². The molecule has 2 heterocycles. The van der Waals surface area contributed by atoms with Crippen LogP contribution in [0.3, 0.4) is 0 Å². The molecular weight excluding hydrogens is 322 g/mol. The summed E-state index contributed by atoms with van der Waals surface area (Å²) in [4.78, 5) is 17.0. The van der Waals surface area contributed by atoms with Gasteiger partial charge in [-0.3, -0.25) is 10.1 Å². The number of hydrogen-bond donors (Lipinski definition) is 2. The van der Waals surface area contributed by atoms with Crippen LogP contribution in [0, 0.1) is 12.8 Å². The van der Waals surface area contributed by atoms with Gasteiger partial charge in [-0.1, -0.05) is 12.1 Å². The minimum absolute atomic E-state index is 0.00444. The Hall–Kier alpha value is -2.18. The third kappa shape index (κ3) is 2.95. The molecule has 2 N–H and O–H groups in total. The standard InChI is InChI=1S/C18H19N3O2S/c1-11-10-24-18(19-11)20-17(23)15-8-21(7-12-2-3-12)16-6-13(9-22)4-5-14(15)16/h4-6,8,10,12,22H,2-3,7,9H2,1H3,(H,19,20,23). The van der Waals surface area contributed by atoms with Gasteiger partial charge in [0.25, 0.3) is 5.91 Å². The highest BCUT2D eigenvalue weighted by molar-refractivity contribution is 7.13. The second kappa shape index (κ2) is 6.03. The van der Waals surface area contributed by atoms with Crippen LogP contribution in [-0.4, -0.2) is 20.6 Å². The molecule has 1 aromatic carbocycles. The summed E-state index contributed by atoms with van der Waals surface area (Å²) >= 11 is 1.43. The number of aryl methyl sites for hydroxylation is 1. The molecule has 2 aromatic heterocycles. The van der Waals surface area contributed by atoms with E-state index in [0.717, 1.165) is 28.7 Å². The first-order valence-electron chi connectivity index (χ1n) is 8.10. The predicted molar refractivity (Wildman–Crippen MR) is 95.4 cm³/mol. The average Bonchev–Trinajstić information content (AvgIpc) is 3.20. The van der Waals surface area contributed by atoms with E-state index >= 15 is 0 Å². The van der Waals surface area contributed by atoms with E-state index in [0.29, 0.717) is 16.6 Å². The molecule has 0 saturated heterocycles. The highest BCUT2D eigenvalue weighted by atomic mass is 32.1. The van der Waals surface area contributed by atoms with Gasteiger partial charge >= 0.3 is 0 Å². The van der Waals surface area contributed by atoms with Crippen molar-refractivity contribution in [3.63, 3.8) is 0 Å². The van der Waals surface area contributed by atoms with E-state index in [9.17, 15) is 9.90 Å². The normalized spacial score (nSPS) is 14.2. The summed E-state index contributed by atoms with van der Waals surface area (Å²) in [7, 11) is 0. The lowest BCUT2D eigenvalue weighted by molar-refractivity contribution is 0.102. The van der Waals surface area contributed by atoms with Crippen molar-refractivity contribution in [3.8, 4) is 0 Å². The van der Waals surface area contributed by atoms with Crippen LogP contribution in [-0.2, 0) is 13.2 Å². The van der Waals surface area contributed by atoms with E-state index in [4.69, 9.17) is 0 Å². The molecule has 6 heteroatoms. The molecule has 1 fully saturated rings. The van der Waals surface area contributed by atoms with Gasteiger partial charge in [0, 0.05) is 29.0 Å². The Bertz CT molecular complexity index is 908. The molecular formula is C18H19N3O2S. The molecule has 3 aromatic rings. The maximum Gasteiger partial charge on any atom is 0.259 e. The van der Waals surface area contributed by atoms with Crippen molar-refractivity contribution in [1.82, 2.24) is 9.55 Å². The van der Waals surface area contributed by atoms with Crippen molar-refractivity contribution in [2.45, 2.75) is 32.9 Å². The van der Waals surface area contributed by atoms with Gasteiger partial charge in [-0.25, -0.2) is 4.98 Å². The zero-order valence-corrected chi connectivity index (χ0v) is 14.3. The molecule has 124 valence electrons. The Kier molecular flexibility index (Phi) is 3.86. The topological polar surface area (TPSA) is 67.2 Å². The summed E-state index contributed by atoms with van der Waals surface area (Å²) in [5, 5.41) is 15.7. The van der Waals surface area contributed by atoms with E-state index in [2.05, 4.69) is 14.9 Å². The number of aromatic nitrogens is 2. The van der Waals surface area contributed by atoms with Gasteiger partial charge in [-0.05, 0) is 37.3 Å². The number of aliphatic hydroxyl groups excluding tert-OH is 1. The average molecular weight is 341 g/mol. The molecule has 5 nitrogen and oxygen atoms in total. The van der Waals surface area contributed by atoms with Crippen LogP contribution in [0.15, 0.2) is 29.8 Å². The van der Waals surface area contributed by atoms with Crippen LogP contribution in [0.5, 0.6) is 0 Å². The maximum atomic E-state index is 12.7. The van der Waals surface area contributed by atoms with Gasteiger partial charge in [0.1, 0.15) is 0 Å². The smallest absolute Gasteiger partial charge is 0.259 e. The molecule has 0 aliphatic heterocycles. The minimum Gasteiger partial charge on any atom is -0.392 e. The van der Waals surface area contributed by atoms with Crippen molar-refractivity contribution in [1.29, 1.82) is 0 Å². The van der Waals surface area contributed by atoms with E-state index in [1.807, 2.05) is 36.7 Å². The molecule has 1 aliphatic carbocycles. The van der Waals surface area contributed by atoms with Crippen molar-refractivity contribution < 1.29 is 9.90 Å². The molecule has 0 atom stereocenters. The van der Waals surface area contributed by atoms with Crippen molar-refractivity contribution in [2.24, 2.45) is 5.92 Å². The number of nitrogens with zero attached hydrogens (tertiary/aromatic N) is 2. The number of anilines is 1. The molecule has 24 heavy (non-hydrogen) atoms. The molecule has 0 radical (unpaired) electrons. The second-order valence-electron chi connectivity index (χ2n) is 6.40. The van der Waals surface area contributed by atoms with Gasteiger partial charge in [0.05, 0.1) is 17.9 Å². The van der Waals surface area contributed by atoms with Crippen molar-refractivity contribution >= 4 is 33.3 Å². The van der Waals surface area contributed by atoms with Gasteiger partial charge in [0.15, 0.2) is 5.13 Å². The Morgan fingerprint density at radius 2 is 2.29 bits per heavy atom. The number of benzene rings is 1. The number of thiazole rings is 1. The Morgan fingerprint density at radius 3 is 2.96 bits per heavy atom. The third-order valence-corrected chi connectivity index (χ3v) is 5.24. The van der Waals surface area contributed by atoms with Crippen LogP contribution < -0.4 is 5.32 Å². The lowest BCUT2D eigenvalue weighted by Crippen LogP contribution is -2.11. The highest BCUT2D eigenvalue weighted by Crippen LogP contribution is 2.33. The Labute approximate surface area is 144 Å². The monoisotopic (exact) mass is 341 g/mol.